The molecule has 1 aromatic carbocycles. The Hall–Kier alpha value is -2.22. The SMILES string of the molecule is COc1cc(C)c(NS(=O)(=O)c2c(C)n[nH]c2C)cc1OC. The maximum absolute atomic E-state index is 12.6. The van der Waals surface area contributed by atoms with E-state index in [-0.39, 0.29) is 4.90 Å². The zero-order valence-corrected chi connectivity index (χ0v) is 14.0. The first-order chi connectivity index (χ1) is 10.3. The average molecular weight is 325 g/mol. The van der Waals surface area contributed by atoms with Crippen molar-refractivity contribution in [2.24, 2.45) is 0 Å². The summed E-state index contributed by atoms with van der Waals surface area (Å²) in [7, 11) is -0.716. The van der Waals surface area contributed by atoms with E-state index in [4.69, 9.17) is 9.47 Å². The van der Waals surface area contributed by atoms with Gasteiger partial charge in [-0.05, 0) is 32.4 Å². The van der Waals surface area contributed by atoms with Gasteiger partial charge >= 0.3 is 0 Å². The molecule has 2 rings (SSSR count). The highest BCUT2D eigenvalue weighted by Gasteiger charge is 2.23. The van der Waals surface area contributed by atoms with Crippen LogP contribution < -0.4 is 14.2 Å². The van der Waals surface area contributed by atoms with Crippen LogP contribution >= 0.6 is 0 Å². The van der Waals surface area contributed by atoms with Crippen LogP contribution in [0.3, 0.4) is 0 Å². The summed E-state index contributed by atoms with van der Waals surface area (Å²) < 4.78 is 38.1. The highest BCUT2D eigenvalue weighted by molar-refractivity contribution is 7.92. The number of benzene rings is 1. The van der Waals surface area contributed by atoms with Crippen molar-refractivity contribution in [3.8, 4) is 11.5 Å². The number of H-pyrrole nitrogens is 1. The number of hydrogen-bond acceptors (Lipinski definition) is 5. The molecule has 0 atom stereocenters. The third kappa shape index (κ3) is 2.87. The molecule has 0 aliphatic carbocycles. The van der Waals surface area contributed by atoms with E-state index in [1.807, 2.05) is 0 Å². The Bertz CT molecular complexity index is 777. The summed E-state index contributed by atoms with van der Waals surface area (Å²) in [4.78, 5) is 0.154. The number of aromatic amines is 1. The standard InChI is InChI=1S/C14H19N3O4S/c1-8-6-12(20-4)13(21-5)7-11(8)17-22(18,19)14-9(2)15-16-10(14)3/h6-7,17H,1-5H3,(H,15,16). The third-order valence-electron chi connectivity index (χ3n) is 3.30. The van der Waals surface area contributed by atoms with Crippen molar-refractivity contribution in [1.29, 1.82) is 0 Å². The molecule has 22 heavy (non-hydrogen) atoms. The van der Waals surface area contributed by atoms with Crippen molar-refractivity contribution < 1.29 is 17.9 Å². The fourth-order valence-electron chi connectivity index (χ4n) is 2.22. The first-order valence-electron chi connectivity index (χ1n) is 6.57. The molecule has 0 amide bonds. The predicted octanol–water partition coefficient (Wildman–Crippen LogP) is 2.15. The lowest BCUT2D eigenvalue weighted by atomic mass is 10.2. The minimum Gasteiger partial charge on any atom is -0.493 e. The smallest absolute Gasteiger partial charge is 0.265 e. The molecule has 0 fully saturated rings. The van der Waals surface area contributed by atoms with E-state index in [0.29, 0.717) is 28.6 Å². The molecule has 0 aliphatic heterocycles. The number of anilines is 1. The number of nitrogens with zero attached hydrogens (tertiary/aromatic N) is 1. The van der Waals surface area contributed by atoms with E-state index in [0.717, 1.165) is 5.56 Å². The van der Waals surface area contributed by atoms with Gasteiger partial charge in [-0.3, -0.25) is 9.82 Å². The van der Waals surface area contributed by atoms with Crippen molar-refractivity contribution in [3.05, 3.63) is 29.1 Å². The van der Waals surface area contributed by atoms with Crippen LogP contribution in [0.2, 0.25) is 0 Å². The van der Waals surface area contributed by atoms with Crippen molar-refractivity contribution in [3.63, 3.8) is 0 Å². The topological polar surface area (TPSA) is 93.3 Å². The molecule has 0 radical (unpaired) electrons. The molecule has 0 saturated heterocycles. The zero-order chi connectivity index (χ0) is 16.5. The van der Waals surface area contributed by atoms with Crippen LogP contribution in [0.5, 0.6) is 11.5 Å². The quantitative estimate of drug-likeness (QED) is 0.878. The summed E-state index contributed by atoms with van der Waals surface area (Å²) in [5.41, 5.74) is 2.06. The maximum atomic E-state index is 12.6. The molecular formula is C14H19N3O4S. The molecule has 1 aromatic heterocycles. The van der Waals surface area contributed by atoms with E-state index in [2.05, 4.69) is 14.9 Å². The molecule has 2 N–H and O–H groups in total. The van der Waals surface area contributed by atoms with Crippen LogP contribution in [0.25, 0.3) is 0 Å². The molecule has 0 saturated carbocycles. The molecular weight excluding hydrogens is 306 g/mol. The van der Waals surface area contributed by atoms with Gasteiger partial charge in [0.15, 0.2) is 11.5 Å². The summed E-state index contributed by atoms with van der Waals surface area (Å²) in [6.07, 6.45) is 0. The molecule has 1 heterocycles. The van der Waals surface area contributed by atoms with Gasteiger partial charge in [-0.1, -0.05) is 0 Å². The van der Waals surface area contributed by atoms with E-state index in [9.17, 15) is 8.42 Å². The number of ether oxygens (including phenoxy) is 2. The largest absolute Gasteiger partial charge is 0.493 e. The highest BCUT2D eigenvalue weighted by Crippen LogP contribution is 2.34. The van der Waals surface area contributed by atoms with Crippen LogP contribution in [-0.2, 0) is 10.0 Å². The third-order valence-corrected chi connectivity index (χ3v) is 4.93. The van der Waals surface area contributed by atoms with E-state index >= 15 is 0 Å². The van der Waals surface area contributed by atoms with Gasteiger partial charge in [0.2, 0.25) is 0 Å². The molecule has 0 bridgehead atoms. The Morgan fingerprint density at radius 2 is 1.68 bits per heavy atom. The van der Waals surface area contributed by atoms with Gasteiger partial charge in [0.25, 0.3) is 10.0 Å². The Balaban J connectivity index is 2.46. The number of aromatic nitrogens is 2. The predicted molar refractivity (Wildman–Crippen MR) is 83.2 cm³/mol. The van der Waals surface area contributed by atoms with E-state index in [1.54, 1.807) is 32.9 Å². The molecule has 0 aliphatic rings. The highest BCUT2D eigenvalue weighted by atomic mass is 32.2. The fourth-order valence-corrected chi connectivity index (χ4v) is 3.72. The molecule has 0 spiro atoms. The Morgan fingerprint density at radius 1 is 1.09 bits per heavy atom. The zero-order valence-electron chi connectivity index (χ0n) is 13.1. The van der Waals surface area contributed by atoms with Crippen molar-refractivity contribution in [2.75, 3.05) is 18.9 Å². The first-order valence-corrected chi connectivity index (χ1v) is 8.05. The Labute approximate surface area is 129 Å². The summed E-state index contributed by atoms with van der Waals surface area (Å²) in [6.45, 7) is 5.09. The van der Waals surface area contributed by atoms with Gasteiger partial charge < -0.3 is 9.47 Å². The van der Waals surface area contributed by atoms with Crippen molar-refractivity contribution >= 4 is 15.7 Å². The molecule has 8 heteroatoms. The van der Waals surface area contributed by atoms with Crippen LogP contribution in [0, 0.1) is 20.8 Å². The van der Waals surface area contributed by atoms with Gasteiger partial charge in [-0.2, -0.15) is 5.10 Å². The number of nitrogens with one attached hydrogen (secondary N) is 2. The van der Waals surface area contributed by atoms with Crippen LogP contribution in [0.4, 0.5) is 5.69 Å². The summed E-state index contributed by atoms with van der Waals surface area (Å²) in [5, 5.41) is 6.59. The van der Waals surface area contributed by atoms with Gasteiger partial charge in [-0.25, -0.2) is 8.42 Å². The Kier molecular flexibility index (Phi) is 4.32. The fraction of sp³-hybridized carbons (Fsp3) is 0.357. The van der Waals surface area contributed by atoms with Crippen molar-refractivity contribution in [2.45, 2.75) is 25.7 Å². The van der Waals surface area contributed by atoms with Crippen molar-refractivity contribution in [1.82, 2.24) is 10.2 Å². The average Bonchev–Trinajstić information content (AvgIpc) is 2.80. The van der Waals surface area contributed by atoms with Gasteiger partial charge in [-0.15, -0.1) is 0 Å². The monoisotopic (exact) mass is 325 g/mol. The summed E-state index contributed by atoms with van der Waals surface area (Å²) in [5.74, 6) is 0.991. The molecule has 2 aromatic rings. The maximum Gasteiger partial charge on any atom is 0.265 e. The minimum atomic E-state index is -3.74. The second kappa shape index (κ2) is 5.88. The molecule has 0 unspecified atom stereocenters. The van der Waals surface area contributed by atoms with E-state index < -0.39 is 10.0 Å². The summed E-state index contributed by atoms with van der Waals surface area (Å²) >= 11 is 0. The van der Waals surface area contributed by atoms with Crippen LogP contribution in [0.1, 0.15) is 17.0 Å². The lowest BCUT2D eigenvalue weighted by Gasteiger charge is -2.14. The molecule has 7 nitrogen and oxygen atoms in total. The van der Waals surface area contributed by atoms with E-state index in [1.165, 1.54) is 14.2 Å². The lowest BCUT2D eigenvalue weighted by Crippen LogP contribution is -2.15. The second-order valence-corrected chi connectivity index (χ2v) is 6.51. The number of hydrogen-bond donors (Lipinski definition) is 2. The normalized spacial score (nSPS) is 11.3. The molecule has 120 valence electrons. The van der Waals surface area contributed by atoms with Gasteiger partial charge in [0.1, 0.15) is 4.90 Å². The number of rotatable bonds is 5. The number of methoxy groups -OCH3 is 2. The van der Waals surface area contributed by atoms with Gasteiger partial charge in [0.05, 0.1) is 31.3 Å². The summed E-state index contributed by atoms with van der Waals surface area (Å²) in [6, 6.07) is 3.31. The second-order valence-electron chi connectivity index (χ2n) is 4.89. The van der Waals surface area contributed by atoms with Gasteiger partial charge in [0, 0.05) is 6.07 Å². The first kappa shape index (κ1) is 16.2. The number of aryl methyl sites for hydroxylation is 3. The Morgan fingerprint density at radius 3 is 2.18 bits per heavy atom. The van der Waals surface area contributed by atoms with Crippen LogP contribution in [-0.4, -0.2) is 32.8 Å². The lowest BCUT2D eigenvalue weighted by molar-refractivity contribution is 0.355. The number of sulfonamides is 1. The minimum absolute atomic E-state index is 0.154. The van der Waals surface area contributed by atoms with Crippen LogP contribution in [0.15, 0.2) is 17.0 Å².